The van der Waals surface area contributed by atoms with Crippen molar-refractivity contribution in [3.05, 3.63) is 45.4 Å². The first kappa shape index (κ1) is 22.7. The first-order valence-corrected chi connectivity index (χ1v) is 10.9. The number of likely N-dealkylation sites (N-methyl/N-ethyl adjacent to an activating group) is 1. The largest absolute Gasteiger partial charge is 0.336 e. The van der Waals surface area contributed by atoms with Crippen LogP contribution >= 0.6 is 27.5 Å². The molecule has 0 radical (unpaired) electrons. The summed E-state index contributed by atoms with van der Waals surface area (Å²) in [7, 11) is 5.85. The number of aromatic nitrogens is 2. The van der Waals surface area contributed by atoms with Crippen molar-refractivity contribution in [3.8, 4) is 0 Å². The summed E-state index contributed by atoms with van der Waals surface area (Å²) in [6.45, 7) is 5.05. The second-order valence-corrected chi connectivity index (χ2v) is 8.77. The van der Waals surface area contributed by atoms with Crippen LogP contribution in [-0.2, 0) is 7.05 Å². The molecule has 2 amide bonds. The SMILES string of the molecule is CN(C)CCN1CCN(C(=O)c2ccc(NC(=O)c3ncc(Br)n3C)cc2Cl)CC1. The number of carbonyl (C=O) groups excluding carboxylic acids is 2. The number of nitrogens with one attached hydrogen (secondary N) is 1. The molecule has 8 nitrogen and oxygen atoms in total. The van der Waals surface area contributed by atoms with Gasteiger partial charge in [-0.2, -0.15) is 0 Å². The third-order valence-corrected chi connectivity index (χ3v) is 6.16. The second-order valence-electron chi connectivity index (χ2n) is 7.55. The van der Waals surface area contributed by atoms with E-state index in [4.69, 9.17) is 11.6 Å². The number of halogens is 2. The molecule has 2 aromatic rings. The van der Waals surface area contributed by atoms with Crippen LogP contribution in [0.2, 0.25) is 5.02 Å². The van der Waals surface area contributed by atoms with Gasteiger partial charge in [-0.15, -0.1) is 0 Å². The number of anilines is 1. The highest BCUT2D eigenvalue weighted by atomic mass is 79.9. The van der Waals surface area contributed by atoms with Crippen molar-refractivity contribution in [2.45, 2.75) is 0 Å². The van der Waals surface area contributed by atoms with Gasteiger partial charge in [-0.25, -0.2) is 4.98 Å². The Morgan fingerprint density at radius 1 is 1.23 bits per heavy atom. The van der Waals surface area contributed by atoms with E-state index in [2.05, 4.69) is 50.1 Å². The Kier molecular flexibility index (Phi) is 7.51. The van der Waals surface area contributed by atoms with Crippen LogP contribution in [0.25, 0.3) is 0 Å². The number of hydrogen-bond donors (Lipinski definition) is 1. The number of piperazine rings is 1. The third kappa shape index (κ3) is 5.40. The van der Waals surface area contributed by atoms with E-state index in [1.165, 1.54) is 0 Å². The molecule has 1 N–H and O–H groups in total. The Hall–Kier alpha value is -1.94. The zero-order valence-corrected chi connectivity index (χ0v) is 19.7. The van der Waals surface area contributed by atoms with E-state index in [0.717, 1.165) is 26.2 Å². The summed E-state index contributed by atoms with van der Waals surface area (Å²) >= 11 is 9.69. The lowest BCUT2D eigenvalue weighted by atomic mass is 10.1. The van der Waals surface area contributed by atoms with Gasteiger partial charge >= 0.3 is 0 Å². The molecule has 0 aliphatic carbocycles. The lowest BCUT2D eigenvalue weighted by molar-refractivity contribution is 0.0630. The lowest BCUT2D eigenvalue weighted by Gasteiger charge is -2.35. The zero-order chi connectivity index (χ0) is 21.8. The van der Waals surface area contributed by atoms with Gasteiger partial charge in [0.15, 0.2) is 5.82 Å². The minimum atomic E-state index is -0.354. The summed E-state index contributed by atoms with van der Waals surface area (Å²) < 4.78 is 2.33. The Balaban J connectivity index is 1.60. The minimum absolute atomic E-state index is 0.0850. The van der Waals surface area contributed by atoms with Crippen molar-refractivity contribution in [1.82, 2.24) is 24.3 Å². The van der Waals surface area contributed by atoms with Crippen LogP contribution in [0.15, 0.2) is 29.0 Å². The Bertz CT molecular complexity index is 924. The zero-order valence-electron chi connectivity index (χ0n) is 17.4. The molecule has 0 spiro atoms. The van der Waals surface area contributed by atoms with Crippen LogP contribution in [0.5, 0.6) is 0 Å². The average Bonchev–Trinajstić information content (AvgIpc) is 3.05. The summed E-state index contributed by atoms with van der Waals surface area (Å²) in [5.74, 6) is -0.171. The Morgan fingerprint density at radius 3 is 2.50 bits per heavy atom. The van der Waals surface area contributed by atoms with Gasteiger partial charge in [0, 0.05) is 52.0 Å². The molecule has 1 aliphatic rings. The van der Waals surface area contributed by atoms with E-state index in [1.54, 1.807) is 36.0 Å². The molecule has 1 aromatic heterocycles. The van der Waals surface area contributed by atoms with E-state index in [9.17, 15) is 9.59 Å². The number of imidazole rings is 1. The third-order valence-electron chi connectivity index (χ3n) is 5.11. The molecule has 0 saturated carbocycles. The maximum Gasteiger partial charge on any atom is 0.291 e. The van der Waals surface area contributed by atoms with Crippen molar-refractivity contribution in [3.63, 3.8) is 0 Å². The van der Waals surface area contributed by atoms with Crippen molar-refractivity contribution < 1.29 is 9.59 Å². The highest BCUT2D eigenvalue weighted by Crippen LogP contribution is 2.23. The molecule has 1 aromatic carbocycles. The van der Waals surface area contributed by atoms with Crippen molar-refractivity contribution in [2.24, 2.45) is 7.05 Å². The minimum Gasteiger partial charge on any atom is -0.336 e. The van der Waals surface area contributed by atoms with E-state index in [1.807, 2.05) is 4.90 Å². The normalized spacial score (nSPS) is 14.9. The van der Waals surface area contributed by atoms with E-state index in [0.29, 0.717) is 34.0 Å². The molecule has 0 atom stereocenters. The summed E-state index contributed by atoms with van der Waals surface area (Å²) in [6, 6.07) is 4.94. The van der Waals surface area contributed by atoms with Gasteiger partial charge in [-0.3, -0.25) is 14.5 Å². The number of amides is 2. The maximum atomic E-state index is 12.9. The fourth-order valence-electron chi connectivity index (χ4n) is 3.24. The van der Waals surface area contributed by atoms with Gasteiger partial charge in [-0.1, -0.05) is 11.6 Å². The number of rotatable bonds is 6. The summed E-state index contributed by atoms with van der Waals surface area (Å²) in [5, 5.41) is 3.08. The number of nitrogens with zero attached hydrogens (tertiary/aromatic N) is 5. The molecule has 2 heterocycles. The maximum absolute atomic E-state index is 12.9. The highest BCUT2D eigenvalue weighted by molar-refractivity contribution is 9.10. The standard InChI is InChI=1S/C20H26BrClN6O2/c1-25(2)6-7-27-8-10-28(11-9-27)20(30)15-5-4-14(12-16(15)22)24-19(29)18-23-13-17(21)26(18)3/h4-5,12-13H,6-11H2,1-3H3,(H,24,29). The average molecular weight is 498 g/mol. The molecule has 0 bridgehead atoms. The molecule has 0 unspecified atom stereocenters. The van der Waals surface area contributed by atoms with Gasteiger partial charge in [0.05, 0.1) is 16.8 Å². The molecule has 162 valence electrons. The van der Waals surface area contributed by atoms with Gasteiger partial charge < -0.3 is 19.7 Å². The summed E-state index contributed by atoms with van der Waals surface area (Å²) in [4.78, 5) is 35.7. The van der Waals surface area contributed by atoms with Crippen molar-refractivity contribution in [2.75, 3.05) is 58.7 Å². The van der Waals surface area contributed by atoms with Crippen molar-refractivity contribution in [1.29, 1.82) is 0 Å². The summed E-state index contributed by atoms with van der Waals surface area (Å²) in [5.41, 5.74) is 0.949. The van der Waals surface area contributed by atoms with E-state index < -0.39 is 0 Å². The van der Waals surface area contributed by atoms with Crippen LogP contribution in [0.3, 0.4) is 0 Å². The lowest BCUT2D eigenvalue weighted by Crippen LogP contribution is -2.50. The van der Waals surface area contributed by atoms with E-state index in [-0.39, 0.29) is 17.6 Å². The van der Waals surface area contributed by atoms with Gasteiger partial charge in [0.2, 0.25) is 0 Å². The predicted molar refractivity (Wildman–Crippen MR) is 121 cm³/mol. The highest BCUT2D eigenvalue weighted by Gasteiger charge is 2.24. The molecule has 3 rings (SSSR count). The van der Waals surface area contributed by atoms with Crippen LogP contribution in [-0.4, -0.2) is 89.4 Å². The van der Waals surface area contributed by atoms with Gasteiger partial charge in [0.25, 0.3) is 11.8 Å². The van der Waals surface area contributed by atoms with Crippen LogP contribution in [0.4, 0.5) is 5.69 Å². The van der Waals surface area contributed by atoms with Crippen molar-refractivity contribution >= 4 is 45.0 Å². The van der Waals surface area contributed by atoms with E-state index >= 15 is 0 Å². The smallest absolute Gasteiger partial charge is 0.291 e. The second kappa shape index (κ2) is 9.91. The first-order chi connectivity index (χ1) is 14.3. The fourth-order valence-corrected chi connectivity index (χ4v) is 3.77. The molecular formula is C20H26BrClN6O2. The molecule has 1 fully saturated rings. The van der Waals surface area contributed by atoms with Crippen LogP contribution in [0.1, 0.15) is 21.0 Å². The van der Waals surface area contributed by atoms with Gasteiger partial charge in [-0.05, 0) is 48.2 Å². The fraction of sp³-hybridized carbons (Fsp3) is 0.450. The van der Waals surface area contributed by atoms with Gasteiger partial charge in [0.1, 0.15) is 4.60 Å². The van der Waals surface area contributed by atoms with Crippen LogP contribution in [0, 0.1) is 0 Å². The molecular weight excluding hydrogens is 472 g/mol. The quantitative estimate of drug-likeness (QED) is 0.663. The Morgan fingerprint density at radius 2 is 1.93 bits per heavy atom. The Labute approximate surface area is 189 Å². The summed E-state index contributed by atoms with van der Waals surface area (Å²) in [6.07, 6.45) is 1.56. The molecule has 10 heteroatoms. The topological polar surface area (TPSA) is 73.7 Å². The number of benzene rings is 1. The molecule has 1 aliphatic heterocycles. The van der Waals surface area contributed by atoms with Crippen LogP contribution < -0.4 is 5.32 Å². The monoisotopic (exact) mass is 496 g/mol. The molecule has 1 saturated heterocycles. The number of carbonyl (C=O) groups is 2. The predicted octanol–water partition coefficient (Wildman–Crippen LogP) is 2.41. The number of hydrogen-bond acceptors (Lipinski definition) is 5. The molecule has 30 heavy (non-hydrogen) atoms. The first-order valence-electron chi connectivity index (χ1n) is 9.70.